The highest BCUT2D eigenvalue weighted by Gasteiger charge is 2.39. The minimum atomic E-state index is -3.90. The van der Waals surface area contributed by atoms with E-state index >= 15 is 8.78 Å². The van der Waals surface area contributed by atoms with Gasteiger partial charge in [-0.25, -0.2) is 9.37 Å². The number of nitrogen functional groups attached to an aromatic ring is 1. The van der Waals surface area contributed by atoms with Gasteiger partial charge < -0.3 is 20.9 Å². The summed E-state index contributed by atoms with van der Waals surface area (Å²) in [6.45, 7) is 10.0. The Bertz CT molecular complexity index is 1700. The smallest absolute Gasteiger partial charge is 0.352 e. The second-order valence-corrected chi connectivity index (χ2v) is 11.9. The molecule has 4 aromatic rings. The van der Waals surface area contributed by atoms with E-state index in [1.165, 1.54) is 12.3 Å². The first kappa shape index (κ1) is 28.7. The van der Waals surface area contributed by atoms with Gasteiger partial charge in [-0.05, 0) is 36.8 Å². The highest BCUT2D eigenvalue weighted by atomic mass is 35.5. The number of hydrogen-bond acceptors (Lipinski definition) is 10. The second-order valence-electron chi connectivity index (χ2n) is 10.4. The number of halogens is 4. The van der Waals surface area contributed by atoms with Crippen LogP contribution in [-0.2, 0) is 5.38 Å². The molecule has 2 aliphatic heterocycles. The predicted molar refractivity (Wildman–Crippen MR) is 161 cm³/mol. The number of nitrogens with one attached hydrogen (secondary N) is 1. The van der Waals surface area contributed by atoms with Gasteiger partial charge in [-0.1, -0.05) is 13.8 Å². The summed E-state index contributed by atoms with van der Waals surface area (Å²) >= 11 is 6.72. The van der Waals surface area contributed by atoms with Crippen molar-refractivity contribution in [1.82, 2.24) is 25.2 Å². The first-order valence-corrected chi connectivity index (χ1v) is 15.0. The fraction of sp³-hybridized carbons (Fsp3) is 0.429. The summed E-state index contributed by atoms with van der Waals surface area (Å²) in [5.41, 5.74) is 5.30. The molecule has 0 unspecified atom stereocenters. The van der Waals surface area contributed by atoms with Crippen LogP contribution in [0.1, 0.15) is 25.0 Å². The van der Waals surface area contributed by atoms with Crippen LogP contribution in [0.4, 0.5) is 29.9 Å². The zero-order chi connectivity index (χ0) is 29.8. The maximum absolute atomic E-state index is 15.5. The van der Waals surface area contributed by atoms with Crippen molar-refractivity contribution in [3.8, 4) is 17.3 Å². The Morgan fingerprint density at radius 3 is 2.55 bits per heavy atom. The second kappa shape index (κ2) is 11.0. The van der Waals surface area contributed by atoms with E-state index in [9.17, 15) is 9.65 Å². The van der Waals surface area contributed by atoms with E-state index in [1.54, 1.807) is 0 Å². The molecule has 0 radical (unpaired) electrons. The summed E-state index contributed by atoms with van der Waals surface area (Å²) in [6.07, 6.45) is 1.46. The first-order valence-electron chi connectivity index (χ1n) is 13.8. The number of benzene rings is 1. The highest BCUT2D eigenvalue weighted by Crippen LogP contribution is 2.47. The largest absolute Gasteiger partial charge is 0.389 e. The minimum Gasteiger partial charge on any atom is -0.389 e. The van der Waals surface area contributed by atoms with Crippen LogP contribution in [0.25, 0.3) is 32.2 Å². The van der Waals surface area contributed by atoms with Crippen LogP contribution >= 0.6 is 22.9 Å². The molecule has 3 N–H and O–H groups in total. The normalized spacial score (nSPS) is 16.4. The summed E-state index contributed by atoms with van der Waals surface area (Å²) < 4.78 is 45.9. The Morgan fingerprint density at radius 1 is 1.19 bits per heavy atom. The average Bonchev–Trinajstić information content (AvgIpc) is 3.30. The molecule has 0 atom stereocenters. The van der Waals surface area contributed by atoms with Crippen molar-refractivity contribution in [3.05, 3.63) is 35.3 Å². The van der Waals surface area contributed by atoms with Crippen molar-refractivity contribution in [2.75, 3.05) is 67.9 Å². The Balaban J connectivity index is 1.60. The summed E-state index contributed by atoms with van der Waals surface area (Å²) in [7, 11) is 0. The minimum absolute atomic E-state index is 0.00291. The number of rotatable bonds is 7. The van der Waals surface area contributed by atoms with Gasteiger partial charge >= 0.3 is 5.38 Å². The van der Waals surface area contributed by atoms with Gasteiger partial charge in [0.1, 0.15) is 22.7 Å². The number of fused-ring (bicyclic) bond motifs is 2. The standard InChI is InChI=1S/C28H29ClF3N9S/c1-3-39(4-2)15-13-41(14-15)27-37-23-18(26(38-27)40-9-7-35-8-10-40)12-36-22(21(23)28(29,31)32)16-5-6-19(30)24-20(16)17(11-33)25(34)42-24/h5-6,12,15,35H,3-4,7-10,13-14,34H2,1-2H3. The molecule has 3 aromatic heterocycles. The molecule has 0 spiro atoms. The van der Waals surface area contributed by atoms with Crippen LogP contribution < -0.4 is 20.9 Å². The molecule has 2 aliphatic rings. The van der Waals surface area contributed by atoms with Gasteiger partial charge in [0.05, 0.1) is 32.4 Å². The van der Waals surface area contributed by atoms with Crippen molar-refractivity contribution < 1.29 is 13.2 Å². The monoisotopic (exact) mass is 615 g/mol. The van der Waals surface area contributed by atoms with Crippen molar-refractivity contribution >= 4 is 60.7 Å². The Hall–Kier alpha value is -3.44. The van der Waals surface area contributed by atoms with Crippen LogP contribution in [0.15, 0.2) is 18.3 Å². The van der Waals surface area contributed by atoms with E-state index in [0.29, 0.717) is 62.5 Å². The number of thiophene rings is 1. The summed E-state index contributed by atoms with van der Waals surface area (Å²) in [4.78, 5) is 20.4. The van der Waals surface area contributed by atoms with Crippen molar-refractivity contribution in [2.45, 2.75) is 25.3 Å². The fourth-order valence-electron chi connectivity index (χ4n) is 5.88. The van der Waals surface area contributed by atoms with E-state index in [4.69, 9.17) is 22.3 Å². The van der Waals surface area contributed by atoms with Crippen LogP contribution in [0.5, 0.6) is 0 Å². The van der Waals surface area contributed by atoms with Crippen LogP contribution in [-0.4, -0.2) is 78.3 Å². The Morgan fingerprint density at radius 2 is 1.90 bits per heavy atom. The molecule has 6 rings (SSSR count). The maximum Gasteiger partial charge on any atom is 0.352 e. The number of piperazine rings is 1. The number of nitrogens with two attached hydrogens (primary N) is 1. The molecule has 9 nitrogen and oxygen atoms in total. The number of pyridine rings is 1. The number of hydrogen-bond donors (Lipinski definition) is 2. The van der Waals surface area contributed by atoms with Crippen molar-refractivity contribution in [1.29, 1.82) is 5.26 Å². The van der Waals surface area contributed by atoms with E-state index in [0.717, 1.165) is 30.5 Å². The van der Waals surface area contributed by atoms with Gasteiger partial charge in [0, 0.05) is 62.5 Å². The lowest BCUT2D eigenvalue weighted by molar-refractivity contribution is 0.0969. The number of anilines is 3. The van der Waals surface area contributed by atoms with Gasteiger partial charge in [0.25, 0.3) is 0 Å². The summed E-state index contributed by atoms with van der Waals surface area (Å²) in [6, 6.07) is 4.78. The molecule has 0 bridgehead atoms. The number of likely N-dealkylation sites (N-methyl/N-ethyl adjacent to an activating group) is 1. The summed E-state index contributed by atoms with van der Waals surface area (Å²) in [5, 5.41) is 9.74. The average molecular weight is 616 g/mol. The SMILES string of the molecule is CCN(CC)C1CN(c2nc(N3CCNCC3)c3cnc(-c4ccc(F)c5sc(N)c(C#N)c45)c(C(F)(F)Cl)c3n2)C1. The molecule has 1 aromatic carbocycles. The third-order valence-electron chi connectivity index (χ3n) is 8.07. The fourth-order valence-corrected chi connectivity index (χ4v) is 7.01. The molecule has 0 aliphatic carbocycles. The molecule has 0 saturated carbocycles. The zero-order valence-electron chi connectivity index (χ0n) is 23.1. The van der Waals surface area contributed by atoms with Crippen molar-refractivity contribution in [2.24, 2.45) is 0 Å². The van der Waals surface area contributed by atoms with E-state index < -0.39 is 16.8 Å². The molecule has 42 heavy (non-hydrogen) atoms. The maximum atomic E-state index is 15.5. The van der Waals surface area contributed by atoms with Crippen LogP contribution in [0, 0.1) is 17.1 Å². The van der Waals surface area contributed by atoms with Crippen molar-refractivity contribution in [3.63, 3.8) is 0 Å². The van der Waals surface area contributed by atoms with Gasteiger partial charge in [0.2, 0.25) is 5.95 Å². The molecule has 0 amide bonds. The third kappa shape index (κ3) is 4.76. The van der Waals surface area contributed by atoms with E-state index in [1.807, 2.05) is 15.9 Å². The Kier molecular flexibility index (Phi) is 7.51. The predicted octanol–water partition coefficient (Wildman–Crippen LogP) is 4.73. The quantitative estimate of drug-likeness (QED) is 0.285. The number of aromatic nitrogens is 3. The number of nitrogens with zero attached hydrogens (tertiary/aromatic N) is 7. The third-order valence-corrected chi connectivity index (χ3v) is 9.29. The molecule has 2 saturated heterocycles. The molecular formula is C28H29ClF3N9S. The molecule has 220 valence electrons. The number of alkyl halides is 3. The van der Waals surface area contributed by atoms with E-state index in [-0.39, 0.29) is 37.4 Å². The topological polar surface area (TPSA) is 110 Å². The van der Waals surface area contributed by atoms with Crippen LogP contribution in [0.3, 0.4) is 0 Å². The molecule has 5 heterocycles. The lowest BCUT2D eigenvalue weighted by atomic mass is 9.98. The molecule has 14 heteroatoms. The first-order chi connectivity index (χ1) is 20.2. The van der Waals surface area contributed by atoms with Gasteiger partial charge in [-0.15, -0.1) is 11.3 Å². The van der Waals surface area contributed by atoms with Gasteiger partial charge in [0.15, 0.2) is 0 Å². The van der Waals surface area contributed by atoms with E-state index in [2.05, 4.69) is 34.0 Å². The summed E-state index contributed by atoms with van der Waals surface area (Å²) in [5.74, 6) is 0.226. The highest BCUT2D eigenvalue weighted by molar-refractivity contribution is 7.23. The lowest BCUT2D eigenvalue weighted by Gasteiger charge is -2.45. The molecule has 2 fully saturated rings. The molecular weight excluding hydrogens is 587 g/mol. The van der Waals surface area contributed by atoms with Gasteiger partial charge in [-0.3, -0.25) is 9.88 Å². The Labute approximate surface area is 249 Å². The number of nitriles is 1. The zero-order valence-corrected chi connectivity index (χ0v) is 24.7. The van der Waals surface area contributed by atoms with Gasteiger partial charge in [-0.2, -0.15) is 19.0 Å². The van der Waals surface area contributed by atoms with Crippen LogP contribution in [0.2, 0.25) is 0 Å². The lowest BCUT2D eigenvalue weighted by Crippen LogP contribution is -2.60.